The summed E-state index contributed by atoms with van der Waals surface area (Å²) in [6, 6.07) is 75.4. The molecule has 0 aromatic heterocycles. The summed E-state index contributed by atoms with van der Waals surface area (Å²) < 4.78 is 73.5. The zero-order chi connectivity index (χ0) is 84.7. The molecule has 21 heteroatoms. The quantitative estimate of drug-likeness (QED) is 0.0123. The highest BCUT2D eigenvalue weighted by molar-refractivity contribution is 6.50. The second-order valence-electron chi connectivity index (χ2n) is 29.0. The van der Waals surface area contributed by atoms with Gasteiger partial charge in [-0.2, -0.15) is 0 Å². The zero-order valence-corrected chi connectivity index (χ0v) is 78.8. The summed E-state index contributed by atoms with van der Waals surface area (Å²) in [4.78, 5) is 0. The van der Waals surface area contributed by atoms with Gasteiger partial charge in [0.15, 0.2) is 37.3 Å². The Morgan fingerprint density at radius 2 is 0.402 bits per heavy atom. The summed E-state index contributed by atoms with van der Waals surface area (Å²) in [5.74, 6) is 3.74. The van der Waals surface area contributed by atoms with Gasteiger partial charge in [-0.3, -0.25) is 7.32 Å². The predicted molar refractivity (Wildman–Crippen MR) is 452 cm³/mol. The van der Waals surface area contributed by atoms with Gasteiger partial charge in [-0.15, -0.1) is 0 Å². The van der Waals surface area contributed by atoms with Crippen molar-refractivity contribution in [3.63, 3.8) is 0 Å². The van der Waals surface area contributed by atoms with Gasteiger partial charge in [-0.25, -0.2) is 0 Å². The van der Waals surface area contributed by atoms with E-state index in [4.69, 9.17) is 34.0 Å². The van der Waals surface area contributed by atoms with Gasteiger partial charge in [0.25, 0.3) is 0 Å². The van der Waals surface area contributed by atoms with Gasteiger partial charge < -0.3 is 71.7 Å². The lowest BCUT2D eigenvalue weighted by molar-refractivity contribution is -0.598. The molecule has 648 valence electrons. The Balaban J connectivity index is 0.000000389. The van der Waals surface area contributed by atoms with Crippen LogP contribution in [0, 0.1) is 28.6 Å². The molecule has 117 heavy (non-hydrogen) atoms. The van der Waals surface area contributed by atoms with E-state index in [2.05, 4.69) is 198 Å². The van der Waals surface area contributed by atoms with E-state index < -0.39 is 14.6 Å². The number of unbranched alkanes of at least 4 members (excludes halogenated alkanes) is 28. The first-order chi connectivity index (χ1) is 56.9. The first kappa shape index (κ1) is 107. The Labute approximate surface area is 743 Å². The molecular formula is C96H136B2F4I4O11. The topological polar surface area (TPSA) is 187 Å². The molecule has 0 spiro atoms. The fourth-order valence-electron chi connectivity index (χ4n) is 12.1. The molecule has 0 aliphatic rings. The summed E-state index contributed by atoms with van der Waals surface area (Å²) in [5, 5.41) is 66.2. The van der Waals surface area contributed by atoms with Crippen LogP contribution in [-0.2, 0) is 0 Å². The van der Waals surface area contributed by atoms with Crippen LogP contribution in [0.1, 0.15) is 259 Å². The third kappa shape index (κ3) is 61.4. The maximum Gasteiger partial charge on any atom is 0.673 e. The number of para-hydroxylation sites is 4. The highest BCUT2D eigenvalue weighted by Gasteiger charge is 2.26. The van der Waals surface area contributed by atoms with Crippen LogP contribution in [0.15, 0.2) is 218 Å². The number of hydrogen-bond donors (Lipinski definition) is 4. The van der Waals surface area contributed by atoms with Gasteiger partial charge >= 0.3 is 92.1 Å². The van der Waals surface area contributed by atoms with E-state index in [9.17, 15) is 37.7 Å². The van der Waals surface area contributed by atoms with Crippen LogP contribution in [0.2, 0.25) is 0 Å². The zero-order valence-electron chi connectivity index (χ0n) is 70.2. The minimum absolute atomic E-state index is 0.256. The van der Waals surface area contributed by atoms with Crippen molar-refractivity contribution < 1.29 is 157 Å². The van der Waals surface area contributed by atoms with E-state index in [1.54, 1.807) is 0 Å². The largest absolute Gasteiger partial charge is 0.907 e. The number of rotatable bonds is 56. The summed E-state index contributed by atoms with van der Waals surface area (Å²) in [5.41, 5.74) is 0. The molecule has 4 unspecified atom stereocenters. The minimum Gasteiger partial charge on any atom is -0.907 e. The number of ether oxygens (including phenoxy) is 4. The number of aliphatic hydroxyl groups excluding tert-OH is 4. The van der Waals surface area contributed by atoms with Crippen molar-refractivity contribution in [1.82, 2.24) is 0 Å². The van der Waals surface area contributed by atoms with Crippen molar-refractivity contribution in [3.8, 4) is 23.0 Å². The van der Waals surface area contributed by atoms with Crippen LogP contribution >= 0.6 is 0 Å². The second kappa shape index (κ2) is 73.0. The number of halogens is 8. The Kier molecular flexibility index (Phi) is 66.6. The fraction of sp³-hybridized carbons (Fsp3) is 0.500. The SMILES string of the molecule is CCCCCCCCCCC(O)COc1ccccc1[I+]c1ccccc1.CCCCCCCCCCC(O)COc1ccccc1[I+]c1ccccc1.CCCCCCCCCCC(O)COc1ccccc1[I+]c1ccccc1.CCCCCCCCCCC(O)COc1ccccc1[I+]c1ccccc1.F[B-](F)(F)F.[O-]B([O-])[O-]. The molecule has 0 bridgehead atoms. The molecule has 0 radical (unpaired) electrons. The standard InChI is InChI=1S/4C24H34IO2.BF4.BO3/c4*1-2-3-4-5-6-7-8-12-17-22(26)20-27-24-19-14-13-18-23(24)25-21-15-10-9-11-16-21;2-1(3,4)5;2-1(3)4/h4*9-11,13-16,18-19,22,26H,2-8,12,17,20H2,1H3;;/q4*+1;-1;-3. The lowest BCUT2D eigenvalue weighted by Gasteiger charge is -2.35. The van der Waals surface area contributed by atoms with E-state index in [0.29, 0.717) is 26.4 Å². The van der Waals surface area contributed by atoms with Gasteiger partial charge in [0, 0.05) is 0 Å². The third-order valence-corrected chi connectivity index (χ3v) is 29.7. The molecule has 0 fully saturated rings. The summed E-state index contributed by atoms with van der Waals surface area (Å²) in [7, 11) is -8.92. The maximum atomic E-state index is 10.2. The summed E-state index contributed by atoms with van der Waals surface area (Å²) in [6.07, 6.45) is 43.3. The molecule has 0 aliphatic heterocycles. The predicted octanol–water partition coefficient (Wildman–Crippen LogP) is 9.69. The number of benzene rings is 8. The molecule has 11 nitrogen and oxygen atoms in total. The Bertz CT molecular complexity index is 3100. The summed E-state index contributed by atoms with van der Waals surface area (Å²) in [6.45, 7) is 10.6. The molecule has 0 amide bonds. The lowest BCUT2D eigenvalue weighted by Crippen LogP contribution is -3.61. The van der Waals surface area contributed by atoms with Gasteiger partial charge in [-0.1, -0.05) is 354 Å². The second-order valence-corrected chi connectivity index (χ2v) is 40.8. The van der Waals surface area contributed by atoms with Crippen molar-refractivity contribution in [3.05, 3.63) is 247 Å². The first-order valence-corrected chi connectivity index (χ1v) is 51.8. The van der Waals surface area contributed by atoms with Crippen LogP contribution in [-0.4, -0.2) is 85.8 Å². The van der Waals surface area contributed by atoms with E-state index in [-0.39, 0.29) is 109 Å². The van der Waals surface area contributed by atoms with Crippen molar-refractivity contribution in [2.24, 2.45) is 0 Å². The van der Waals surface area contributed by atoms with Crippen molar-refractivity contribution >= 4 is 14.6 Å². The number of aliphatic hydroxyl groups is 4. The Morgan fingerprint density at radius 3 is 0.573 bits per heavy atom. The molecule has 0 saturated carbocycles. The molecule has 4 atom stereocenters. The lowest BCUT2D eigenvalue weighted by atomic mass is 10.1. The number of hydrogen-bond acceptors (Lipinski definition) is 11. The first-order valence-electron chi connectivity index (χ1n) is 43.1. The van der Waals surface area contributed by atoms with Gasteiger partial charge in [0.05, 0.1) is 24.4 Å². The van der Waals surface area contributed by atoms with Crippen LogP contribution in [0.25, 0.3) is 0 Å². The molecule has 8 aromatic rings. The highest BCUT2D eigenvalue weighted by atomic mass is 127. The molecule has 0 saturated heterocycles. The Morgan fingerprint density at radius 1 is 0.256 bits per heavy atom. The van der Waals surface area contributed by atoms with Crippen LogP contribution in [0.3, 0.4) is 0 Å². The van der Waals surface area contributed by atoms with Gasteiger partial charge in [0.1, 0.15) is 26.4 Å². The van der Waals surface area contributed by atoms with Gasteiger partial charge in [0.2, 0.25) is 14.3 Å². The van der Waals surface area contributed by atoms with Crippen molar-refractivity contribution in [2.75, 3.05) is 26.4 Å². The van der Waals surface area contributed by atoms with Crippen molar-refractivity contribution in [2.45, 2.75) is 283 Å². The van der Waals surface area contributed by atoms with Crippen LogP contribution < -0.4 is 119 Å². The summed E-state index contributed by atoms with van der Waals surface area (Å²) >= 11 is -1.02. The molecule has 4 N–H and O–H groups in total. The van der Waals surface area contributed by atoms with Crippen LogP contribution in [0.5, 0.6) is 23.0 Å². The normalized spacial score (nSPS) is 11.9. The van der Waals surface area contributed by atoms with E-state index >= 15 is 0 Å². The molecule has 8 aromatic carbocycles. The highest BCUT2D eigenvalue weighted by Crippen LogP contribution is 2.19. The van der Waals surface area contributed by atoms with E-state index in [0.717, 1.165) is 74.4 Å². The monoisotopic (exact) mass is 2070 g/mol. The van der Waals surface area contributed by atoms with Crippen LogP contribution in [0.4, 0.5) is 17.3 Å². The molecular weight excluding hydrogens is 1930 g/mol. The van der Waals surface area contributed by atoms with E-state index in [1.807, 2.05) is 48.5 Å². The average molecular weight is 2070 g/mol. The third-order valence-electron chi connectivity index (χ3n) is 18.4. The average Bonchev–Trinajstić information content (AvgIpc) is 0.885. The molecule has 8 rings (SSSR count). The van der Waals surface area contributed by atoms with Crippen molar-refractivity contribution in [1.29, 1.82) is 0 Å². The minimum atomic E-state index is -6.00. The maximum absolute atomic E-state index is 10.2. The molecule has 0 heterocycles. The molecule has 0 aliphatic carbocycles. The Hall–Kier alpha value is -4.55. The van der Waals surface area contributed by atoms with Gasteiger partial charge in [-0.05, 0) is 123 Å². The smallest absolute Gasteiger partial charge is 0.673 e. The van der Waals surface area contributed by atoms with E-state index in [1.165, 1.54) is 208 Å². The fourth-order valence-corrected chi connectivity index (χ4v) is 21.8.